The molecule has 6 heteroatoms. The fourth-order valence-corrected chi connectivity index (χ4v) is 1.83. The number of hydrogen-bond acceptors (Lipinski definition) is 4. The van der Waals surface area contributed by atoms with Crippen LogP contribution in [0.15, 0.2) is 23.1 Å². The third-order valence-electron chi connectivity index (χ3n) is 2.00. The average molecular weight is 298 g/mol. The number of pyridine rings is 1. The summed E-state index contributed by atoms with van der Waals surface area (Å²) in [6, 6.07) is 1.64. The molecule has 0 saturated carbocycles. The Balaban J connectivity index is 2.40. The van der Waals surface area contributed by atoms with Gasteiger partial charge in [0.2, 0.25) is 0 Å². The number of hydrogen-bond donors (Lipinski definition) is 0. The number of carbonyl (C=O) groups excluding carboxylic acids is 1. The lowest BCUT2D eigenvalue weighted by atomic mass is 10.2. The van der Waals surface area contributed by atoms with E-state index in [1.54, 1.807) is 23.0 Å². The smallest absolute Gasteiger partial charge is 0.339 e. The maximum atomic E-state index is 11.9. The van der Waals surface area contributed by atoms with Crippen LogP contribution in [0.1, 0.15) is 31.1 Å². The summed E-state index contributed by atoms with van der Waals surface area (Å²) >= 11 is 3.33. The van der Waals surface area contributed by atoms with E-state index in [-0.39, 0.29) is 5.97 Å². The molecule has 0 radical (unpaired) electrons. The summed E-state index contributed by atoms with van der Waals surface area (Å²) in [6.45, 7) is 5.48. The summed E-state index contributed by atoms with van der Waals surface area (Å²) in [6.07, 6.45) is 3.30. The van der Waals surface area contributed by atoms with E-state index in [9.17, 15) is 4.79 Å². The summed E-state index contributed by atoms with van der Waals surface area (Å²) in [7, 11) is 0. The first kappa shape index (κ1) is 12.0. The third kappa shape index (κ3) is 2.63. The zero-order valence-electron chi connectivity index (χ0n) is 9.77. The van der Waals surface area contributed by atoms with Crippen LogP contribution in [0.2, 0.25) is 0 Å². The van der Waals surface area contributed by atoms with E-state index in [1.807, 2.05) is 20.8 Å². The van der Waals surface area contributed by atoms with Crippen molar-refractivity contribution in [2.45, 2.75) is 26.4 Å². The number of ether oxygens (including phenoxy) is 1. The van der Waals surface area contributed by atoms with Crippen molar-refractivity contribution in [3.8, 4) is 0 Å². The van der Waals surface area contributed by atoms with E-state index >= 15 is 0 Å². The lowest BCUT2D eigenvalue weighted by Gasteiger charge is -2.19. The van der Waals surface area contributed by atoms with Gasteiger partial charge in [0, 0.05) is 10.7 Å². The molecular weight excluding hydrogens is 286 g/mol. The second kappa shape index (κ2) is 4.10. The summed E-state index contributed by atoms with van der Waals surface area (Å²) in [5.74, 6) is -0.380. The predicted molar refractivity (Wildman–Crippen MR) is 65.9 cm³/mol. The first-order valence-electron chi connectivity index (χ1n) is 5.09. The largest absolute Gasteiger partial charge is 0.456 e. The van der Waals surface area contributed by atoms with Crippen LogP contribution in [-0.4, -0.2) is 26.2 Å². The van der Waals surface area contributed by atoms with Crippen LogP contribution in [0.3, 0.4) is 0 Å². The van der Waals surface area contributed by atoms with Crippen LogP contribution in [0.5, 0.6) is 0 Å². The van der Waals surface area contributed by atoms with E-state index in [4.69, 9.17) is 4.74 Å². The molecule has 2 rings (SSSR count). The third-order valence-corrected chi connectivity index (χ3v) is 2.63. The number of rotatable bonds is 1. The molecule has 0 spiro atoms. The van der Waals surface area contributed by atoms with Gasteiger partial charge in [-0.05, 0) is 42.8 Å². The number of fused-ring (bicyclic) bond motifs is 1. The van der Waals surface area contributed by atoms with E-state index in [0.29, 0.717) is 15.7 Å². The normalized spacial score (nSPS) is 11.8. The molecule has 0 amide bonds. The van der Waals surface area contributed by atoms with Crippen LogP contribution in [-0.2, 0) is 4.74 Å². The Labute approximate surface area is 107 Å². The number of halogens is 1. The molecule has 2 aromatic heterocycles. The number of carbonyl (C=O) groups is 1. The molecule has 2 heterocycles. The van der Waals surface area contributed by atoms with Gasteiger partial charge in [0.05, 0.1) is 5.56 Å². The monoisotopic (exact) mass is 297 g/mol. The van der Waals surface area contributed by atoms with Gasteiger partial charge in [-0.3, -0.25) is 4.40 Å². The topological polar surface area (TPSA) is 56.5 Å². The Bertz CT molecular complexity index is 572. The maximum Gasteiger partial charge on any atom is 0.339 e. The zero-order chi connectivity index (χ0) is 12.6. The summed E-state index contributed by atoms with van der Waals surface area (Å²) in [5, 5.41) is 7.64. The molecule has 0 aliphatic heterocycles. The highest BCUT2D eigenvalue weighted by Crippen LogP contribution is 2.21. The number of aromatic nitrogens is 3. The second-order valence-electron chi connectivity index (χ2n) is 4.63. The van der Waals surface area contributed by atoms with Crippen molar-refractivity contribution in [2.75, 3.05) is 0 Å². The van der Waals surface area contributed by atoms with Gasteiger partial charge < -0.3 is 4.74 Å². The average Bonchev–Trinajstić information content (AvgIpc) is 2.60. The molecule has 17 heavy (non-hydrogen) atoms. The minimum Gasteiger partial charge on any atom is -0.456 e. The molecule has 0 unspecified atom stereocenters. The van der Waals surface area contributed by atoms with E-state index in [1.165, 1.54) is 0 Å². The fraction of sp³-hybridized carbons (Fsp3) is 0.364. The van der Waals surface area contributed by atoms with Crippen molar-refractivity contribution >= 4 is 27.5 Å². The first-order valence-corrected chi connectivity index (χ1v) is 5.88. The maximum absolute atomic E-state index is 11.9. The number of nitrogens with zero attached hydrogens (tertiary/aromatic N) is 3. The molecule has 0 saturated heterocycles. The van der Waals surface area contributed by atoms with Gasteiger partial charge in [-0.25, -0.2) is 4.79 Å². The van der Waals surface area contributed by atoms with Gasteiger partial charge in [-0.2, -0.15) is 0 Å². The van der Waals surface area contributed by atoms with E-state index < -0.39 is 5.60 Å². The van der Waals surface area contributed by atoms with Gasteiger partial charge in [0.25, 0.3) is 0 Å². The van der Waals surface area contributed by atoms with E-state index in [2.05, 4.69) is 26.1 Å². The molecule has 2 aromatic rings. The van der Waals surface area contributed by atoms with Gasteiger partial charge in [-0.15, -0.1) is 10.2 Å². The molecule has 5 nitrogen and oxygen atoms in total. The number of esters is 1. The zero-order valence-corrected chi connectivity index (χ0v) is 11.4. The van der Waals surface area contributed by atoms with Crippen molar-refractivity contribution in [1.29, 1.82) is 0 Å². The van der Waals surface area contributed by atoms with Crippen molar-refractivity contribution in [3.05, 3.63) is 28.6 Å². The highest BCUT2D eigenvalue weighted by molar-refractivity contribution is 9.10. The molecule has 0 aliphatic carbocycles. The molecule has 90 valence electrons. The first-order chi connectivity index (χ1) is 7.87. The summed E-state index contributed by atoms with van der Waals surface area (Å²) < 4.78 is 7.68. The lowest BCUT2D eigenvalue weighted by Crippen LogP contribution is -2.24. The lowest BCUT2D eigenvalue weighted by molar-refractivity contribution is 0.00685. The Morgan fingerprint density at radius 2 is 2.18 bits per heavy atom. The fourth-order valence-electron chi connectivity index (χ4n) is 1.33. The van der Waals surface area contributed by atoms with Crippen LogP contribution >= 0.6 is 15.9 Å². The molecule has 0 bridgehead atoms. The summed E-state index contributed by atoms with van der Waals surface area (Å²) in [4.78, 5) is 11.9. The highest BCUT2D eigenvalue weighted by Gasteiger charge is 2.20. The van der Waals surface area contributed by atoms with Crippen LogP contribution < -0.4 is 0 Å². The predicted octanol–water partition coefficient (Wildman–Crippen LogP) is 2.45. The molecule has 0 aliphatic rings. The molecule has 0 fully saturated rings. The van der Waals surface area contributed by atoms with Gasteiger partial charge >= 0.3 is 5.97 Å². The van der Waals surface area contributed by atoms with Crippen molar-refractivity contribution in [1.82, 2.24) is 14.6 Å². The van der Waals surface area contributed by atoms with E-state index in [0.717, 1.165) is 0 Å². The van der Waals surface area contributed by atoms with Crippen molar-refractivity contribution in [2.24, 2.45) is 0 Å². The molecular formula is C11H12BrN3O2. The van der Waals surface area contributed by atoms with Gasteiger partial charge in [-0.1, -0.05) is 0 Å². The molecule has 0 N–H and O–H groups in total. The van der Waals surface area contributed by atoms with Crippen LogP contribution in [0.25, 0.3) is 5.65 Å². The highest BCUT2D eigenvalue weighted by atomic mass is 79.9. The van der Waals surface area contributed by atoms with Crippen molar-refractivity contribution in [3.63, 3.8) is 0 Å². The molecule has 0 aromatic carbocycles. The van der Waals surface area contributed by atoms with Gasteiger partial charge in [0.15, 0.2) is 5.65 Å². The quantitative estimate of drug-likeness (QED) is 0.759. The molecule has 0 atom stereocenters. The van der Waals surface area contributed by atoms with Crippen molar-refractivity contribution < 1.29 is 9.53 Å². The Morgan fingerprint density at radius 3 is 2.82 bits per heavy atom. The standard InChI is InChI=1S/C11H12BrN3O2/c1-11(2,3)17-10(16)7-4-9-14-13-6-15(9)5-8(7)12/h4-6H,1-3H3. The SMILES string of the molecule is CC(C)(C)OC(=O)c1cc2nncn2cc1Br. The summed E-state index contributed by atoms with van der Waals surface area (Å²) in [5.41, 5.74) is 0.533. The Morgan fingerprint density at radius 1 is 1.47 bits per heavy atom. The van der Waals surface area contributed by atoms with Crippen LogP contribution in [0.4, 0.5) is 0 Å². The Kier molecular flexibility index (Phi) is 2.91. The van der Waals surface area contributed by atoms with Gasteiger partial charge in [0.1, 0.15) is 11.9 Å². The minimum absolute atomic E-state index is 0.380. The Hall–Kier alpha value is -1.43. The van der Waals surface area contributed by atoms with Crippen LogP contribution in [0, 0.1) is 0 Å². The minimum atomic E-state index is -0.518. The second-order valence-corrected chi connectivity index (χ2v) is 5.49.